The van der Waals surface area contributed by atoms with Crippen LogP contribution in [0.2, 0.25) is 0 Å². The van der Waals surface area contributed by atoms with Crippen molar-refractivity contribution in [3.05, 3.63) is 28.2 Å². The van der Waals surface area contributed by atoms with Crippen LogP contribution in [0.25, 0.3) is 0 Å². The van der Waals surface area contributed by atoms with Crippen LogP contribution in [-0.2, 0) is 0 Å². The summed E-state index contributed by atoms with van der Waals surface area (Å²) in [5, 5.41) is 0. The molecular weight excluding hydrogens is 278 g/mol. The molecular formula is C13H20BrN3. The van der Waals surface area contributed by atoms with Crippen LogP contribution in [0, 0.1) is 0 Å². The van der Waals surface area contributed by atoms with Crippen molar-refractivity contribution in [2.24, 2.45) is 5.73 Å². The first kappa shape index (κ1) is 12.9. The normalized spacial score (nSPS) is 19.4. The number of rotatable bonds is 2. The molecule has 1 aromatic rings. The summed E-state index contributed by atoms with van der Waals surface area (Å²) < 4.78 is 1.15. The van der Waals surface area contributed by atoms with Crippen LogP contribution in [0.5, 0.6) is 0 Å². The lowest BCUT2D eigenvalue weighted by Crippen LogP contribution is -2.44. The predicted octanol–water partition coefficient (Wildman–Crippen LogP) is 2.22. The molecule has 1 fully saturated rings. The van der Waals surface area contributed by atoms with Gasteiger partial charge in [0, 0.05) is 36.7 Å². The van der Waals surface area contributed by atoms with Crippen LogP contribution >= 0.6 is 15.9 Å². The van der Waals surface area contributed by atoms with Crippen molar-refractivity contribution < 1.29 is 0 Å². The Hall–Kier alpha value is -0.580. The summed E-state index contributed by atoms with van der Waals surface area (Å²) in [6.45, 7) is 6.44. The SMILES string of the molecule is CC(N)c1ccc(N2CCN(C)CC2)c(Br)c1. The minimum Gasteiger partial charge on any atom is -0.368 e. The van der Waals surface area contributed by atoms with E-state index in [0.29, 0.717) is 0 Å². The van der Waals surface area contributed by atoms with E-state index in [1.807, 2.05) is 6.92 Å². The molecule has 1 aromatic carbocycles. The average molecular weight is 298 g/mol. The Morgan fingerprint density at radius 2 is 1.88 bits per heavy atom. The maximum Gasteiger partial charge on any atom is 0.0511 e. The van der Waals surface area contributed by atoms with Crippen molar-refractivity contribution >= 4 is 21.6 Å². The molecule has 17 heavy (non-hydrogen) atoms. The summed E-state index contributed by atoms with van der Waals surface area (Å²) >= 11 is 3.66. The number of piperazine rings is 1. The van der Waals surface area contributed by atoms with Gasteiger partial charge < -0.3 is 15.5 Å². The Kier molecular flexibility index (Phi) is 4.07. The number of likely N-dealkylation sites (N-methyl/N-ethyl adjacent to an activating group) is 1. The number of anilines is 1. The molecule has 1 atom stereocenters. The molecule has 0 amide bonds. The van der Waals surface area contributed by atoms with E-state index in [2.05, 4.69) is 51.0 Å². The third-order valence-electron chi connectivity index (χ3n) is 3.34. The number of hydrogen-bond acceptors (Lipinski definition) is 3. The molecule has 4 heteroatoms. The van der Waals surface area contributed by atoms with Gasteiger partial charge in [0.05, 0.1) is 5.69 Å². The zero-order valence-corrected chi connectivity index (χ0v) is 12.1. The fraction of sp³-hybridized carbons (Fsp3) is 0.538. The molecule has 0 bridgehead atoms. The van der Waals surface area contributed by atoms with E-state index in [1.54, 1.807) is 0 Å². The van der Waals surface area contributed by atoms with Gasteiger partial charge in [-0.2, -0.15) is 0 Å². The van der Waals surface area contributed by atoms with Gasteiger partial charge in [-0.05, 0) is 47.6 Å². The van der Waals surface area contributed by atoms with Gasteiger partial charge in [-0.15, -0.1) is 0 Å². The molecule has 94 valence electrons. The number of nitrogens with two attached hydrogens (primary N) is 1. The monoisotopic (exact) mass is 297 g/mol. The van der Waals surface area contributed by atoms with E-state index in [-0.39, 0.29) is 6.04 Å². The maximum absolute atomic E-state index is 5.89. The summed E-state index contributed by atoms with van der Waals surface area (Å²) in [6.07, 6.45) is 0. The largest absolute Gasteiger partial charge is 0.368 e. The van der Waals surface area contributed by atoms with Crippen LogP contribution in [0.4, 0.5) is 5.69 Å². The Morgan fingerprint density at radius 3 is 2.41 bits per heavy atom. The molecule has 0 radical (unpaired) electrons. The van der Waals surface area contributed by atoms with Gasteiger partial charge in [-0.25, -0.2) is 0 Å². The minimum atomic E-state index is 0.0906. The van der Waals surface area contributed by atoms with Gasteiger partial charge in [0.15, 0.2) is 0 Å². The smallest absolute Gasteiger partial charge is 0.0511 e. The van der Waals surface area contributed by atoms with Gasteiger partial charge in [-0.1, -0.05) is 6.07 Å². The standard InChI is InChI=1S/C13H20BrN3/c1-10(15)11-3-4-13(12(14)9-11)17-7-5-16(2)6-8-17/h3-4,9-10H,5-8,15H2,1-2H3. The summed E-state index contributed by atoms with van der Waals surface area (Å²) in [5.74, 6) is 0. The van der Waals surface area contributed by atoms with Crippen LogP contribution < -0.4 is 10.6 Å². The summed E-state index contributed by atoms with van der Waals surface area (Å²) in [6, 6.07) is 6.53. The highest BCUT2D eigenvalue weighted by Crippen LogP contribution is 2.29. The van der Waals surface area contributed by atoms with Crippen molar-refractivity contribution in [2.75, 3.05) is 38.1 Å². The van der Waals surface area contributed by atoms with E-state index in [4.69, 9.17) is 5.73 Å². The zero-order valence-electron chi connectivity index (χ0n) is 10.5. The minimum absolute atomic E-state index is 0.0906. The van der Waals surface area contributed by atoms with Crippen LogP contribution in [0.1, 0.15) is 18.5 Å². The van der Waals surface area contributed by atoms with Crippen molar-refractivity contribution in [1.29, 1.82) is 0 Å². The molecule has 0 aromatic heterocycles. The van der Waals surface area contributed by atoms with Crippen LogP contribution in [0.15, 0.2) is 22.7 Å². The molecule has 3 nitrogen and oxygen atoms in total. The molecule has 1 aliphatic heterocycles. The van der Waals surface area contributed by atoms with E-state index in [0.717, 1.165) is 30.7 Å². The van der Waals surface area contributed by atoms with E-state index >= 15 is 0 Å². The molecule has 1 aliphatic rings. The number of benzene rings is 1. The first-order chi connectivity index (χ1) is 8.08. The highest BCUT2D eigenvalue weighted by molar-refractivity contribution is 9.10. The lowest BCUT2D eigenvalue weighted by Gasteiger charge is -2.34. The topological polar surface area (TPSA) is 32.5 Å². The molecule has 0 saturated carbocycles. The van der Waals surface area contributed by atoms with Crippen molar-refractivity contribution in [3.63, 3.8) is 0 Å². The van der Waals surface area contributed by atoms with E-state index in [1.165, 1.54) is 11.3 Å². The average Bonchev–Trinajstić information content (AvgIpc) is 2.30. The van der Waals surface area contributed by atoms with Crippen LogP contribution in [0.3, 0.4) is 0 Å². The number of nitrogens with zero attached hydrogens (tertiary/aromatic N) is 2. The Balaban J connectivity index is 2.16. The van der Waals surface area contributed by atoms with Crippen LogP contribution in [-0.4, -0.2) is 38.1 Å². The molecule has 1 saturated heterocycles. The third kappa shape index (κ3) is 3.00. The summed E-state index contributed by atoms with van der Waals surface area (Å²) in [5.41, 5.74) is 8.34. The fourth-order valence-corrected chi connectivity index (χ4v) is 2.76. The zero-order chi connectivity index (χ0) is 12.4. The number of halogens is 1. The first-order valence-corrected chi connectivity index (χ1v) is 6.86. The van der Waals surface area contributed by atoms with Gasteiger partial charge >= 0.3 is 0 Å². The quantitative estimate of drug-likeness (QED) is 0.908. The molecule has 1 heterocycles. The molecule has 0 spiro atoms. The second-order valence-electron chi connectivity index (χ2n) is 4.79. The highest BCUT2D eigenvalue weighted by Gasteiger charge is 2.16. The van der Waals surface area contributed by atoms with Gasteiger partial charge in [0.25, 0.3) is 0 Å². The van der Waals surface area contributed by atoms with E-state index in [9.17, 15) is 0 Å². The predicted molar refractivity (Wildman–Crippen MR) is 76.5 cm³/mol. The second-order valence-corrected chi connectivity index (χ2v) is 5.64. The third-order valence-corrected chi connectivity index (χ3v) is 3.98. The number of hydrogen-bond donors (Lipinski definition) is 1. The van der Waals surface area contributed by atoms with Crippen molar-refractivity contribution in [2.45, 2.75) is 13.0 Å². The maximum atomic E-state index is 5.89. The molecule has 0 aliphatic carbocycles. The fourth-order valence-electron chi connectivity index (χ4n) is 2.11. The van der Waals surface area contributed by atoms with Gasteiger partial charge in [0.2, 0.25) is 0 Å². The molecule has 1 unspecified atom stereocenters. The Labute approximate surface area is 112 Å². The first-order valence-electron chi connectivity index (χ1n) is 6.06. The second kappa shape index (κ2) is 5.38. The highest BCUT2D eigenvalue weighted by atomic mass is 79.9. The Bertz CT molecular complexity index is 384. The Morgan fingerprint density at radius 1 is 1.24 bits per heavy atom. The lowest BCUT2D eigenvalue weighted by molar-refractivity contribution is 0.312. The van der Waals surface area contributed by atoms with Gasteiger partial charge in [0.1, 0.15) is 0 Å². The molecule has 2 N–H and O–H groups in total. The molecule has 2 rings (SSSR count). The van der Waals surface area contributed by atoms with Crippen molar-refractivity contribution in [3.8, 4) is 0 Å². The van der Waals surface area contributed by atoms with E-state index < -0.39 is 0 Å². The summed E-state index contributed by atoms with van der Waals surface area (Å²) in [4.78, 5) is 4.79. The summed E-state index contributed by atoms with van der Waals surface area (Å²) in [7, 11) is 2.17. The van der Waals surface area contributed by atoms with Gasteiger partial charge in [-0.3, -0.25) is 0 Å². The lowest BCUT2D eigenvalue weighted by atomic mass is 10.1. The van der Waals surface area contributed by atoms with Crippen molar-refractivity contribution in [1.82, 2.24) is 4.90 Å².